The van der Waals surface area contributed by atoms with Crippen LogP contribution >= 0.6 is 0 Å². The second-order valence-corrected chi connectivity index (χ2v) is 8.67. The fourth-order valence-electron chi connectivity index (χ4n) is 4.28. The van der Waals surface area contributed by atoms with Crippen molar-refractivity contribution >= 4 is 6.21 Å². The Balaban J connectivity index is 1.70. The summed E-state index contributed by atoms with van der Waals surface area (Å²) < 4.78 is 6.43. The van der Waals surface area contributed by atoms with Gasteiger partial charge in [-0.25, -0.2) is 9.68 Å². The lowest BCUT2D eigenvalue weighted by Gasteiger charge is -2.41. The highest BCUT2D eigenvalue weighted by Gasteiger charge is 2.44. The Morgan fingerprint density at radius 1 is 0.938 bits per heavy atom. The highest BCUT2D eigenvalue weighted by molar-refractivity contribution is 5.52. The van der Waals surface area contributed by atoms with Crippen molar-refractivity contribution in [2.24, 2.45) is 5.10 Å². The second-order valence-electron chi connectivity index (χ2n) is 8.67. The van der Waals surface area contributed by atoms with Crippen LogP contribution in [0.2, 0.25) is 0 Å². The van der Waals surface area contributed by atoms with E-state index in [2.05, 4.69) is 10.7 Å². The molecule has 1 aromatic rings. The van der Waals surface area contributed by atoms with Crippen LogP contribution in [-0.4, -0.2) is 30.9 Å². The number of nitrogens with zero attached hydrogens (tertiary/aromatic N) is 2. The summed E-state index contributed by atoms with van der Waals surface area (Å²) in [5.74, 6) is 0.0136. The predicted molar refractivity (Wildman–Crippen MR) is 128 cm³/mol. The Morgan fingerprint density at radius 2 is 1.47 bits per heavy atom. The van der Waals surface area contributed by atoms with Gasteiger partial charge in [0.05, 0.1) is 12.6 Å². The fourth-order valence-corrected chi connectivity index (χ4v) is 4.28. The first-order valence-corrected chi connectivity index (χ1v) is 12.1. The van der Waals surface area contributed by atoms with Gasteiger partial charge < -0.3 is 4.74 Å². The number of nitrogens with one attached hydrogen (secondary N) is 1. The fraction of sp³-hybridized carbons (Fsp3) is 0.577. The summed E-state index contributed by atoms with van der Waals surface area (Å²) in [5, 5.41) is 6.06. The standard InChI is InChI=1S/C26H39N3O3/c1-3-27-29(2)22-26(31-28-32-26)23-16-12-14-20-25(21-15-13-17-23)30-24-18-10-8-6-4-5-7-9-11-19-24/h3,12-17,20-21,24,28H,4-11,18-19,22H2,1-2H3. The van der Waals surface area contributed by atoms with Crippen molar-refractivity contribution in [3.8, 4) is 5.75 Å². The van der Waals surface area contributed by atoms with Crippen molar-refractivity contribution in [1.29, 1.82) is 0 Å². The van der Waals surface area contributed by atoms with Crippen LogP contribution in [0.15, 0.2) is 53.6 Å². The Hall–Kier alpha value is -2.15. The summed E-state index contributed by atoms with van der Waals surface area (Å²) in [6, 6.07) is 16.1. The van der Waals surface area contributed by atoms with Crippen molar-refractivity contribution in [2.45, 2.75) is 83.0 Å². The molecule has 2 fully saturated rings. The zero-order chi connectivity index (χ0) is 22.5. The molecule has 0 unspecified atom stereocenters. The third-order valence-corrected chi connectivity index (χ3v) is 6.00. The van der Waals surface area contributed by atoms with Crippen molar-refractivity contribution in [2.75, 3.05) is 13.6 Å². The Labute approximate surface area is 193 Å². The Morgan fingerprint density at radius 3 is 1.97 bits per heavy atom. The summed E-state index contributed by atoms with van der Waals surface area (Å²) in [7, 11) is 1.89. The van der Waals surface area contributed by atoms with E-state index in [1.54, 1.807) is 11.2 Å². The van der Waals surface area contributed by atoms with Gasteiger partial charge in [-0.15, -0.1) is 0 Å². The minimum atomic E-state index is -0.896. The van der Waals surface area contributed by atoms with Gasteiger partial charge in [0.2, 0.25) is 0 Å². The van der Waals surface area contributed by atoms with Crippen LogP contribution in [0.1, 0.15) is 76.7 Å². The maximum absolute atomic E-state index is 6.43. The maximum Gasteiger partial charge on any atom is 0.255 e. The zero-order valence-corrected chi connectivity index (χ0v) is 19.7. The molecule has 1 aliphatic heterocycles. The van der Waals surface area contributed by atoms with Gasteiger partial charge in [0.25, 0.3) is 5.79 Å². The van der Waals surface area contributed by atoms with Gasteiger partial charge in [-0.2, -0.15) is 5.10 Å². The molecule has 3 rings (SSSR count). The average Bonchev–Trinajstić information content (AvgIpc) is 2.82. The van der Waals surface area contributed by atoms with Crippen LogP contribution in [0, 0.1) is 0 Å². The number of hydrogen-bond donors (Lipinski definition) is 1. The molecule has 0 atom stereocenters. The normalized spacial score (nSPS) is 19.9. The van der Waals surface area contributed by atoms with Gasteiger partial charge in [-0.1, -0.05) is 80.6 Å². The molecule has 32 heavy (non-hydrogen) atoms. The molecule has 6 nitrogen and oxygen atoms in total. The molecule has 1 aromatic carbocycles. The van der Waals surface area contributed by atoms with Crippen molar-refractivity contribution in [3.05, 3.63) is 54.1 Å². The lowest BCUT2D eigenvalue weighted by atomic mass is 10.1. The first-order chi connectivity index (χ1) is 15.7. The van der Waals surface area contributed by atoms with Crippen molar-refractivity contribution in [3.63, 3.8) is 0 Å². The number of rotatable bonds is 6. The molecule has 1 saturated heterocycles. The first kappa shape index (κ1) is 24.5. The smallest absolute Gasteiger partial charge is 0.255 e. The van der Waals surface area contributed by atoms with Crippen LogP contribution < -0.4 is 10.4 Å². The number of ether oxygens (including phenoxy) is 1. The summed E-state index contributed by atoms with van der Waals surface area (Å²) in [6.45, 7) is 2.34. The third kappa shape index (κ3) is 7.76. The van der Waals surface area contributed by atoms with E-state index in [1.165, 1.54) is 51.4 Å². The Kier molecular flexibility index (Phi) is 10.3. The van der Waals surface area contributed by atoms with Gasteiger partial charge in [0.1, 0.15) is 5.75 Å². The molecular formula is C26H39N3O3. The van der Waals surface area contributed by atoms with E-state index in [0.29, 0.717) is 12.6 Å². The quantitative estimate of drug-likeness (QED) is 0.431. The van der Waals surface area contributed by atoms with Crippen molar-refractivity contribution < 1.29 is 14.4 Å². The van der Waals surface area contributed by atoms with E-state index >= 15 is 0 Å². The highest BCUT2D eigenvalue weighted by Crippen LogP contribution is 2.31. The summed E-state index contributed by atoms with van der Waals surface area (Å²) in [4.78, 5) is 11.2. The number of hydrogen-bond acceptors (Lipinski definition) is 6. The largest absolute Gasteiger partial charge is 0.490 e. The van der Waals surface area contributed by atoms with E-state index in [1.807, 2.05) is 62.5 Å². The maximum atomic E-state index is 6.43. The summed E-state index contributed by atoms with van der Waals surface area (Å²) in [5.41, 5.74) is 3.36. The summed E-state index contributed by atoms with van der Waals surface area (Å²) >= 11 is 0. The number of likely N-dealkylation sites (N-methyl/N-ethyl adjacent to an activating group) is 1. The van der Waals surface area contributed by atoms with Gasteiger partial charge in [0.15, 0.2) is 0 Å². The third-order valence-electron chi connectivity index (χ3n) is 6.00. The molecule has 0 amide bonds. The average molecular weight is 442 g/mol. The molecule has 1 N–H and O–H groups in total. The van der Waals surface area contributed by atoms with E-state index in [4.69, 9.17) is 14.4 Å². The van der Waals surface area contributed by atoms with Gasteiger partial charge >= 0.3 is 0 Å². The molecule has 176 valence electrons. The van der Waals surface area contributed by atoms with Crippen LogP contribution in [0.3, 0.4) is 0 Å². The van der Waals surface area contributed by atoms with Crippen LogP contribution in [0.5, 0.6) is 5.75 Å². The van der Waals surface area contributed by atoms with Crippen LogP contribution in [0.4, 0.5) is 0 Å². The van der Waals surface area contributed by atoms with Crippen LogP contribution in [-0.2, 0) is 15.5 Å². The molecule has 0 bridgehead atoms. The van der Waals surface area contributed by atoms with E-state index in [-0.39, 0.29) is 0 Å². The molecule has 1 heterocycles. The molecule has 6 heteroatoms. The lowest BCUT2D eigenvalue weighted by Crippen LogP contribution is -2.57. The molecule has 0 spiro atoms. The Bertz CT molecular complexity index is 726. The second kappa shape index (κ2) is 13.4. The van der Waals surface area contributed by atoms with Crippen LogP contribution in [0.25, 0.3) is 0 Å². The molecule has 0 radical (unpaired) electrons. The molecule has 1 saturated carbocycles. The zero-order valence-electron chi connectivity index (χ0n) is 19.7. The van der Waals surface area contributed by atoms with E-state index in [0.717, 1.165) is 24.2 Å². The van der Waals surface area contributed by atoms with Crippen molar-refractivity contribution in [1.82, 2.24) is 10.7 Å². The minimum absolute atomic E-state index is 0.302. The minimum Gasteiger partial charge on any atom is -0.490 e. The summed E-state index contributed by atoms with van der Waals surface area (Å²) in [6.07, 6.45) is 15.0. The SMILES string of the molecule is CC=NN(C)CC1(c2ccccc(OC3CCCCCCCCCC3)cccc2)ONO1. The number of hydrazone groups is 1. The topological polar surface area (TPSA) is 55.3 Å². The van der Waals surface area contributed by atoms with E-state index < -0.39 is 5.79 Å². The molecule has 0 aromatic heterocycles. The highest BCUT2D eigenvalue weighted by atomic mass is 17.1. The van der Waals surface area contributed by atoms with Gasteiger partial charge in [-0.05, 0) is 44.7 Å². The monoisotopic (exact) mass is 441 g/mol. The first-order valence-electron chi connectivity index (χ1n) is 12.1. The van der Waals surface area contributed by atoms with Gasteiger partial charge in [-0.3, -0.25) is 5.01 Å². The molecule has 1 aliphatic carbocycles. The molecular weight excluding hydrogens is 402 g/mol. The lowest BCUT2D eigenvalue weighted by molar-refractivity contribution is -0.492. The van der Waals surface area contributed by atoms with Gasteiger partial charge in [0, 0.05) is 18.8 Å². The van der Waals surface area contributed by atoms with E-state index in [9.17, 15) is 0 Å². The predicted octanol–water partition coefficient (Wildman–Crippen LogP) is 6.03. The molecule has 2 aliphatic rings.